The van der Waals surface area contributed by atoms with Crippen LogP contribution in [-0.4, -0.2) is 78.0 Å². The highest BCUT2D eigenvalue weighted by atomic mass is 35.5. The summed E-state index contributed by atoms with van der Waals surface area (Å²) in [6, 6.07) is 6.36. The zero-order valence-electron chi connectivity index (χ0n) is 27.0. The second kappa shape index (κ2) is 12.6. The fourth-order valence-corrected chi connectivity index (χ4v) is 8.58. The third-order valence-corrected chi connectivity index (χ3v) is 10.7. The number of fused-ring (bicyclic) bond motifs is 3. The van der Waals surface area contributed by atoms with E-state index < -0.39 is 23.3 Å². The number of rotatable bonds is 6. The molecule has 0 atom stereocenters. The first-order valence-electron chi connectivity index (χ1n) is 16.2. The summed E-state index contributed by atoms with van der Waals surface area (Å²) in [4.78, 5) is 26.6. The number of anilines is 2. The average molecular weight is 696 g/mol. The Hall–Kier alpha value is -3.83. The highest BCUT2D eigenvalue weighted by Gasteiger charge is 2.45. The summed E-state index contributed by atoms with van der Waals surface area (Å²) in [6.45, 7) is 10.4. The number of nitrogens with zero attached hydrogens (tertiary/aromatic N) is 5. The van der Waals surface area contributed by atoms with E-state index in [4.69, 9.17) is 26.1 Å². The van der Waals surface area contributed by atoms with E-state index in [0.717, 1.165) is 63.2 Å². The quantitative estimate of drug-likeness (QED) is 0.218. The number of benzene rings is 2. The molecule has 10 nitrogen and oxygen atoms in total. The Morgan fingerprint density at radius 1 is 1.17 bits per heavy atom. The summed E-state index contributed by atoms with van der Waals surface area (Å²) in [5.41, 5.74) is -0.729. The van der Waals surface area contributed by atoms with Crippen LogP contribution in [0.5, 0.6) is 6.01 Å². The molecule has 2 aromatic heterocycles. The van der Waals surface area contributed by atoms with E-state index in [1.807, 2.05) is 0 Å². The fourth-order valence-electron chi connectivity index (χ4n) is 7.22. The molecule has 7 rings (SSSR count). The predicted octanol–water partition coefficient (Wildman–Crippen LogP) is 7.08. The normalized spacial score (nSPS) is 17.9. The van der Waals surface area contributed by atoms with Gasteiger partial charge in [0.05, 0.1) is 20.8 Å². The Kier molecular flexibility index (Phi) is 8.56. The van der Waals surface area contributed by atoms with Crippen LogP contribution in [0.1, 0.15) is 52.0 Å². The summed E-state index contributed by atoms with van der Waals surface area (Å²) in [5, 5.41) is 16.8. The highest BCUT2D eigenvalue weighted by Crippen LogP contribution is 2.47. The minimum atomic E-state index is -0.801. The van der Waals surface area contributed by atoms with Crippen LogP contribution in [0.2, 0.25) is 5.02 Å². The van der Waals surface area contributed by atoms with Crippen molar-refractivity contribution in [2.24, 2.45) is 0 Å². The van der Waals surface area contributed by atoms with Gasteiger partial charge < -0.3 is 19.7 Å². The molecule has 0 saturated carbocycles. The van der Waals surface area contributed by atoms with Crippen molar-refractivity contribution < 1.29 is 23.0 Å². The van der Waals surface area contributed by atoms with Crippen molar-refractivity contribution in [3.05, 3.63) is 40.4 Å². The van der Waals surface area contributed by atoms with Gasteiger partial charge in [-0.1, -0.05) is 17.7 Å². The van der Waals surface area contributed by atoms with Gasteiger partial charge in [-0.2, -0.15) is 15.2 Å². The van der Waals surface area contributed by atoms with Gasteiger partial charge >= 0.3 is 12.1 Å². The van der Waals surface area contributed by atoms with Crippen molar-refractivity contribution in [2.45, 2.75) is 57.6 Å². The van der Waals surface area contributed by atoms with E-state index in [1.54, 1.807) is 26.8 Å². The maximum absolute atomic E-state index is 17.0. The van der Waals surface area contributed by atoms with Gasteiger partial charge in [-0.05, 0) is 77.2 Å². The first-order valence-corrected chi connectivity index (χ1v) is 17.4. The molecule has 4 aromatic rings. The van der Waals surface area contributed by atoms with E-state index in [2.05, 4.69) is 31.5 Å². The van der Waals surface area contributed by atoms with E-state index in [9.17, 15) is 10.1 Å². The van der Waals surface area contributed by atoms with Crippen molar-refractivity contribution in [3.63, 3.8) is 0 Å². The van der Waals surface area contributed by atoms with Crippen molar-refractivity contribution in [3.8, 4) is 23.2 Å². The van der Waals surface area contributed by atoms with Crippen LogP contribution < -0.4 is 20.3 Å². The monoisotopic (exact) mass is 695 g/mol. The summed E-state index contributed by atoms with van der Waals surface area (Å²) >= 11 is 7.74. The minimum Gasteiger partial charge on any atom is -0.461 e. The van der Waals surface area contributed by atoms with Crippen LogP contribution in [0.4, 0.5) is 24.4 Å². The SMILES string of the molecule is CC(C)(C)OC(=O)Nc1sc2c(F)ccc(-c3c(Cl)cc4c(N5CCNCC5)nc(OCC56CCCN5CCC6)nc4c3F)c2c1C#N. The van der Waals surface area contributed by atoms with Crippen molar-refractivity contribution in [1.29, 1.82) is 5.26 Å². The molecule has 0 bridgehead atoms. The fraction of sp³-hybridized carbons (Fsp3) is 0.471. The lowest BCUT2D eigenvalue weighted by atomic mass is 9.95. The smallest absolute Gasteiger partial charge is 0.412 e. The van der Waals surface area contributed by atoms with Gasteiger partial charge in [0.15, 0.2) is 5.82 Å². The Labute approximate surface area is 286 Å². The van der Waals surface area contributed by atoms with Crippen molar-refractivity contribution in [2.75, 3.05) is 56.1 Å². The summed E-state index contributed by atoms with van der Waals surface area (Å²) in [5.74, 6) is -0.847. The maximum atomic E-state index is 17.0. The molecule has 1 amide bonds. The molecule has 252 valence electrons. The first kappa shape index (κ1) is 32.7. The Bertz CT molecular complexity index is 1960. The molecule has 0 spiro atoms. The van der Waals surface area contributed by atoms with E-state index >= 15 is 8.78 Å². The van der Waals surface area contributed by atoms with Gasteiger partial charge in [-0.25, -0.2) is 13.6 Å². The maximum Gasteiger partial charge on any atom is 0.412 e. The molecule has 5 heterocycles. The number of carbonyl (C=O) groups excluding carboxylic acids is 1. The molecule has 0 aliphatic carbocycles. The van der Waals surface area contributed by atoms with Gasteiger partial charge in [-0.15, -0.1) is 11.3 Å². The first-order chi connectivity index (χ1) is 23.0. The third-order valence-electron chi connectivity index (χ3n) is 9.33. The number of hydrogen-bond acceptors (Lipinski definition) is 10. The van der Waals surface area contributed by atoms with Crippen molar-refractivity contribution in [1.82, 2.24) is 20.2 Å². The van der Waals surface area contributed by atoms with Crippen LogP contribution >= 0.6 is 22.9 Å². The molecule has 2 N–H and O–H groups in total. The molecule has 2 aromatic carbocycles. The lowest BCUT2D eigenvalue weighted by Gasteiger charge is -2.32. The lowest BCUT2D eigenvalue weighted by Crippen LogP contribution is -2.44. The number of ether oxygens (including phenoxy) is 2. The standard InChI is InChI=1S/C34H36ClF2N7O3S/c1-33(2,3)47-32(45)42-30-21(17-38)24-19(6-7-23(36)28(24)48-30)25-22(35)16-20-27(26(25)37)40-31(41-29(20)43-14-10-39-11-15-43)46-18-34-8-4-12-44(34)13-5-9-34/h6-7,16,39H,4-5,8-15,18H2,1-3H3,(H,42,45). The second-order valence-electron chi connectivity index (χ2n) is 13.6. The van der Waals surface area contributed by atoms with Crippen LogP contribution in [0.15, 0.2) is 18.2 Å². The van der Waals surface area contributed by atoms with Gasteiger partial charge in [0, 0.05) is 42.5 Å². The molecule has 14 heteroatoms. The molecule has 3 fully saturated rings. The number of hydrogen-bond donors (Lipinski definition) is 2. The van der Waals surface area contributed by atoms with Crippen LogP contribution in [0, 0.1) is 23.0 Å². The molecule has 3 saturated heterocycles. The third kappa shape index (κ3) is 5.89. The van der Waals surface area contributed by atoms with E-state index in [0.29, 0.717) is 30.9 Å². The lowest BCUT2D eigenvalue weighted by molar-refractivity contribution is 0.0636. The summed E-state index contributed by atoms with van der Waals surface area (Å²) in [7, 11) is 0. The van der Waals surface area contributed by atoms with Gasteiger partial charge in [-0.3, -0.25) is 10.2 Å². The molecule has 0 unspecified atom stereocenters. The number of nitriles is 1. The van der Waals surface area contributed by atoms with Crippen LogP contribution in [-0.2, 0) is 4.74 Å². The Morgan fingerprint density at radius 3 is 2.58 bits per heavy atom. The largest absolute Gasteiger partial charge is 0.461 e. The summed E-state index contributed by atoms with van der Waals surface area (Å²) < 4.78 is 44.0. The second-order valence-corrected chi connectivity index (χ2v) is 15.0. The Morgan fingerprint density at radius 2 is 1.90 bits per heavy atom. The van der Waals surface area contributed by atoms with Crippen LogP contribution in [0.25, 0.3) is 32.1 Å². The number of amides is 1. The number of aromatic nitrogens is 2. The van der Waals surface area contributed by atoms with E-state index in [1.165, 1.54) is 12.1 Å². The van der Waals surface area contributed by atoms with Crippen LogP contribution in [0.3, 0.4) is 0 Å². The average Bonchev–Trinajstić information content (AvgIpc) is 3.73. The number of carbonyl (C=O) groups is 1. The molecule has 3 aliphatic rings. The zero-order valence-corrected chi connectivity index (χ0v) is 28.6. The Balaban J connectivity index is 1.36. The minimum absolute atomic E-state index is 0.0125. The van der Waals surface area contributed by atoms with E-state index in [-0.39, 0.29) is 53.9 Å². The van der Waals surface area contributed by atoms with Gasteiger partial charge in [0.1, 0.15) is 40.4 Å². The molecule has 0 radical (unpaired) electrons. The zero-order chi connectivity index (χ0) is 33.8. The molecule has 3 aliphatic heterocycles. The molecular formula is C34H36ClF2N7O3S. The van der Waals surface area contributed by atoms with Crippen molar-refractivity contribution >= 4 is 60.8 Å². The van der Waals surface area contributed by atoms with Gasteiger partial charge in [0.2, 0.25) is 0 Å². The number of halogens is 3. The highest BCUT2D eigenvalue weighted by molar-refractivity contribution is 7.23. The summed E-state index contributed by atoms with van der Waals surface area (Å²) in [6.07, 6.45) is 3.49. The van der Waals surface area contributed by atoms with Gasteiger partial charge in [0.25, 0.3) is 0 Å². The predicted molar refractivity (Wildman–Crippen MR) is 183 cm³/mol. The number of thiophene rings is 1. The number of nitrogens with one attached hydrogen (secondary N) is 2. The topological polar surface area (TPSA) is 116 Å². The molecule has 48 heavy (non-hydrogen) atoms. The molecular weight excluding hydrogens is 660 g/mol. The number of piperazine rings is 1.